The molecule has 6 nitrogen and oxygen atoms in total. The predicted octanol–water partition coefficient (Wildman–Crippen LogP) is 3.15. The Morgan fingerprint density at radius 3 is 2.77 bits per heavy atom. The maximum atomic E-state index is 5.61. The number of aliphatic imine (C=N–C) groups is 1. The zero-order valence-corrected chi connectivity index (χ0v) is 17.7. The molecule has 2 heterocycles. The average molecular weight is 470 g/mol. The van der Waals surface area contributed by atoms with Crippen LogP contribution in [0.2, 0.25) is 0 Å². The van der Waals surface area contributed by atoms with E-state index in [1.54, 1.807) is 13.3 Å². The van der Waals surface area contributed by atoms with Crippen LogP contribution in [0, 0.1) is 6.92 Å². The number of halogens is 1. The normalized spacial score (nSPS) is 17.0. The van der Waals surface area contributed by atoms with Crippen LogP contribution in [0.5, 0.6) is 0 Å². The lowest BCUT2D eigenvalue weighted by atomic mass is 10.1. The van der Waals surface area contributed by atoms with E-state index in [1.165, 1.54) is 5.56 Å². The first kappa shape index (κ1) is 20.7. The van der Waals surface area contributed by atoms with E-state index in [-0.39, 0.29) is 24.0 Å². The molecule has 0 aliphatic carbocycles. The summed E-state index contributed by atoms with van der Waals surface area (Å²) < 4.78 is 11.2. The fourth-order valence-electron chi connectivity index (χ4n) is 2.80. The lowest BCUT2D eigenvalue weighted by Crippen LogP contribution is -2.41. The Bertz CT molecular complexity index is 694. The SMILES string of the molecule is CN=C(NCCc1coc(-c2ccc(C)cc2)n1)NCC1CCCO1.I. The maximum absolute atomic E-state index is 5.61. The Labute approximate surface area is 171 Å². The monoisotopic (exact) mass is 470 g/mol. The zero-order chi connectivity index (χ0) is 17.5. The molecule has 3 rings (SSSR count). The maximum Gasteiger partial charge on any atom is 0.226 e. The van der Waals surface area contributed by atoms with Gasteiger partial charge in [-0.3, -0.25) is 4.99 Å². The van der Waals surface area contributed by atoms with Gasteiger partial charge in [0.1, 0.15) is 6.26 Å². The highest BCUT2D eigenvalue weighted by Crippen LogP contribution is 2.19. The Morgan fingerprint density at radius 2 is 2.08 bits per heavy atom. The number of nitrogens with zero attached hydrogens (tertiary/aromatic N) is 2. The Morgan fingerprint density at radius 1 is 1.27 bits per heavy atom. The number of aryl methyl sites for hydroxylation is 1. The van der Waals surface area contributed by atoms with Crippen LogP contribution in [0.15, 0.2) is 39.9 Å². The van der Waals surface area contributed by atoms with Gasteiger partial charge in [0.05, 0.1) is 11.8 Å². The summed E-state index contributed by atoms with van der Waals surface area (Å²) >= 11 is 0. The van der Waals surface area contributed by atoms with E-state index < -0.39 is 0 Å². The summed E-state index contributed by atoms with van der Waals surface area (Å²) in [4.78, 5) is 8.79. The molecule has 1 aliphatic heterocycles. The molecule has 1 fully saturated rings. The first-order valence-electron chi connectivity index (χ1n) is 8.82. The van der Waals surface area contributed by atoms with Crippen LogP contribution in [0.1, 0.15) is 24.1 Å². The van der Waals surface area contributed by atoms with E-state index in [0.29, 0.717) is 12.0 Å². The molecular formula is C19H27IN4O2. The molecule has 0 spiro atoms. The van der Waals surface area contributed by atoms with Crippen LogP contribution in [0.3, 0.4) is 0 Å². The lowest BCUT2D eigenvalue weighted by Gasteiger charge is -2.14. The van der Waals surface area contributed by atoms with Crippen molar-refractivity contribution in [2.45, 2.75) is 32.3 Å². The van der Waals surface area contributed by atoms with Gasteiger partial charge in [0.25, 0.3) is 0 Å². The van der Waals surface area contributed by atoms with Gasteiger partial charge in [-0.15, -0.1) is 24.0 Å². The molecular weight excluding hydrogens is 443 g/mol. The van der Waals surface area contributed by atoms with E-state index in [1.807, 2.05) is 12.1 Å². The molecule has 7 heteroatoms. The molecule has 0 saturated carbocycles. The van der Waals surface area contributed by atoms with Crippen molar-refractivity contribution in [1.29, 1.82) is 0 Å². The largest absolute Gasteiger partial charge is 0.444 e. The van der Waals surface area contributed by atoms with Crippen LogP contribution in [-0.2, 0) is 11.2 Å². The topological polar surface area (TPSA) is 71.7 Å². The molecule has 1 aliphatic rings. The molecule has 2 N–H and O–H groups in total. The second kappa shape index (κ2) is 10.5. The Hall–Kier alpha value is -1.61. The molecule has 1 aromatic heterocycles. The van der Waals surface area contributed by atoms with Crippen molar-refractivity contribution >= 4 is 29.9 Å². The summed E-state index contributed by atoms with van der Waals surface area (Å²) in [6.45, 7) is 4.47. The van der Waals surface area contributed by atoms with Crippen molar-refractivity contribution in [3.05, 3.63) is 41.8 Å². The summed E-state index contributed by atoms with van der Waals surface area (Å²) in [6.07, 6.45) is 5.06. The summed E-state index contributed by atoms with van der Waals surface area (Å²) in [6, 6.07) is 8.18. The highest BCUT2D eigenvalue weighted by molar-refractivity contribution is 14.0. The van der Waals surface area contributed by atoms with Crippen molar-refractivity contribution in [3.63, 3.8) is 0 Å². The number of rotatable bonds is 6. The van der Waals surface area contributed by atoms with Gasteiger partial charge < -0.3 is 19.8 Å². The predicted molar refractivity (Wildman–Crippen MR) is 114 cm³/mol. The fraction of sp³-hybridized carbons (Fsp3) is 0.474. The number of oxazole rings is 1. The lowest BCUT2D eigenvalue weighted by molar-refractivity contribution is 0.114. The minimum absolute atomic E-state index is 0. The average Bonchev–Trinajstić information content (AvgIpc) is 3.30. The molecule has 1 aromatic carbocycles. The molecule has 1 atom stereocenters. The van der Waals surface area contributed by atoms with Gasteiger partial charge in [0.15, 0.2) is 5.96 Å². The van der Waals surface area contributed by atoms with E-state index >= 15 is 0 Å². The van der Waals surface area contributed by atoms with Crippen LogP contribution < -0.4 is 10.6 Å². The van der Waals surface area contributed by atoms with Gasteiger partial charge in [0, 0.05) is 38.7 Å². The van der Waals surface area contributed by atoms with Crippen molar-refractivity contribution in [1.82, 2.24) is 15.6 Å². The highest BCUT2D eigenvalue weighted by atomic mass is 127. The highest BCUT2D eigenvalue weighted by Gasteiger charge is 2.15. The minimum Gasteiger partial charge on any atom is -0.444 e. The van der Waals surface area contributed by atoms with Gasteiger partial charge in [0.2, 0.25) is 5.89 Å². The van der Waals surface area contributed by atoms with Gasteiger partial charge in [-0.1, -0.05) is 17.7 Å². The molecule has 1 unspecified atom stereocenters. The third-order valence-corrected chi connectivity index (χ3v) is 4.27. The number of benzene rings is 1. The number of hydrogen-bond donors (Lipinski definition) is 2. The van der Waals surface area contributed by atoms with Gasteiger partial charge >= 0.3 is 0 Å². The van der Waals surface area contributed by atoms with Crippen molar-refractivity contribution in [2.24, 2.45) is 4.99 Å². The quantitative estimate of drug-likeness (QED) is 0.386. The number of guanidine groups is 1. The molecule has 0 amide bonds. The summed E-state index contributed by atoms with van der Waals surface area (Å²) in [5, 5.41) is 6.60. The molecule has 142 valence electrons. The number of ether oxygens (including phenoxy) is 1. The second-order valence-electron chi connectivity index (χ2n) is 6.27. The van der Waals surface area contributed by atoms with Crippen LogP contribution in [0.25, 0.3) is 11.5 Å². The van der Waals surface area contributed by atoms with Crippen molar-refractivity contribution in [3.8, 4) is 11.5 Å². The molecule has 0 bridgehead atoms. The third-order valence-electron chi connectivity index (χ3n) is 4.27. The van der Waals surface area contributed by atoms with Crippen LogP contribution >= 0.6 is 24.0 Å². The summed E-state index contributed by atoms with van der Waals surface area (Å²) in [7, 11) is 1.77. The number of hydrogen-bond acceptors (Lipinski definition) is 4. The fourth-order valence-corrected chi connectivity index (χ4v) is 2.80. The van der Waals surface area contributed by atoms with Crippen molar-refractivity contribution in [2.75, 3.05) is 26.7 Å². The van der Waals surface area contributed by atoms with Crippen LogP contribution in [-0.4, -0.2) is 43.8 Å². The van der Waals surface area contributed by atoms with E-state index in [9.17, 15) is 0 Å². The van der Waals surface area contributed by atoms with E-state index in [2.05, 4.69) is 39.7 Å². The summed E-state index contributed by atoms with van der Waals surface area (Å²) in [5.41, 5.74) is 3.15. The molecule has 0 radical (unpaired) electrons. The molecule has 26 heavy (non-hydrogen) atoms. The first-order chi connectivity index (χ1) is 12.2. The van der Waals surface area contributed by atoms with Crippen LogP contribution in [0.4, 0.5) is 0 Å². The second-order valence-corrected chi connectivity index (χ2v) is 6.27. The van der Waals surface area contributed by atoms with Crippen molar-refractivity contribution < 1.29 is 9.15 Å². The number of nitrogens with one attached hydrogen (secondary N) is 2. The van der Waals surface area contributed by atoms with Gasteiger partial charge in [-0.05, 0) is 31.9 Å². The smallest absolute Gasteiger partial charge is 0.226 e. The minimum atomic E-state index is 0. The van der Waals surface area contributed by atoms with Gasteiger partial charge in [-0.25, -0.2) is 4.98 Å². The first-order valence-corrected chi connectivity index (χ1v) is 8.82. The van der Waals surface area contributed by atoms with E-state index in [0.717, 1.165) is 56.2 Å². The Balaban J connectivity index is 0.00000243. The number of aromatic nitrogens is 1. The standard InChI is InChI=1S/C19H26N4O2.HI/c1-14-5-7-15(8-6-14)18-23-16(13-25-18)9-10-21-19(20-2)22-12-17-4-3-11-24-17;/h5-8,13,17H,3-4,9-12H2,1-2H3,(H2,20,21,22);1H. The van der Waals surface area contributed by atoms with Gasteiger partial charge in [-0.2, -0.15) is 0 Å². The zero-order valence-electron chi connectivity index (χ0n) is 15.3. The van der Waals surface area contributed by atoms with E-state index in [4.69, 9.17) is 9.15 Å². The molecule has 2 aromatic rings. The Kier molecular flexibility index (Phi) is 8.37. The summed E-state index contributed by atoms with van der Waals surface area (Å²) in [5.74, 6) is 1.45. The third kappa shape index (κ3) is 5.98. The molecule has 1 saturated heterocycles.